The monoisotopic (exact) mass is 286 g/mol. The number of benzene rings is 1. The van der Waals surface area contributed by atoms with E-state index in [1.165, 1.54) is 0 Å². The number of amides is 1. The highest BCUT2D eigenvalue weighted by atomic mass is 35.5. The minimum atomic E-state index is -0.419. The van der Waals surface area contributed by atoms with Gasteiger partial charge in [-0.15, -0.1) is 12.4 Å². The Bertz CT molecular complexity index is 382. The van der Waals surface area contributed by atoms with Gasteiger partial charge in [-0.1, -0.05) is 25.5 Å². The van der Waals surface area contributed by atoms with E-state index in [0.29, 0.717) is 6.42 Å². The number of nitrogens with one attached hydrogen (secondary N) is 1. The van der Waals surface area contributed by atoms with Crippen molar-refractivity contribution in [3.63, 3.8) is 0 Å². The van der Waals surface area contributed by atoms with Crippen molar-refractivity contribution >= 4 is 18.3 Å². The molecule has 0 saturated carbocycles. The van der Waals surface area contributed by atoms with Crippen molar-refractivity contribution in [3.8, 4) is 5.75 Å². The van der Waals surface area contributed by atoms with Crippen molar-refractivity contribution in [2.75, 3.05) is 0 Å². The number of rotatable bonds is 6. The zero-order chi connectivity index (χ0) is 13.5. The van der Waals surface area contributed by atoms with Crippen LogP contribution in [0.3, 0.4) is 0 Å². The molecular formula is C14H23ClN2O2. The van der Waals surface area contributed by atoms with Crippen LogP contribution in [-0.4, -0.2) is 23.1 Å². The highest BCUT2D eigenvalue weighted by Gasteiger charge is 2.14. The van der Waals surface area contributed by atoms with E-state index in [1.807, 2.05) is 26.0 Å². The third-order valence-electron chi connectivity index (χ3n) is 2.80. The Morgan fingerprint density at radius 2 is 1.95 bits per heavy atom. The Hall–Kier alpha value is -1.26. The molecule has 0 aliphatic rings. The maximum atomic E-state index is 11.7. The van der Waals surface area contributed by atoms with Gasteiger partial charge in [-0.2, -0.15) is 0 Å². The third-order valence-corrected chi connectivity index (χ3v) is 2.80. The van der Waals surface area contributed by atoms with Crippen LogP contribution >= 0.6 is 12.4 Å². The number of aromatic hydroxyl groups is 1. The summed E-state index contributed by atoms with van der Waals surface area (Å²) < 4.78 is 0. The molecule has 0 aliphatic heterocycles. The maximum absolute atomic E-state index is 11.7. The molecule has 0 spiro atoms. The molecule has 0 radical (unpaired) electrons. The van der Waals surface area contributed by atoms with E-state index in [1.54, 1.807) is 12.1 Å². The number of carbonyl (C=O) groups excluding carboxylic acids is 1. The van der Waals surface area contributed by atoms with Crippen LogP contribution in [0.15, 0.2) is 24.3 Å². The van der Waals surface area contributed by atoms with E-state index in [-0.39, 0.29) is 30.1 Å². The molecule has 5 heteroatoms. The fourth-order valence-corrected chi connectivity index (χ4v) is 1.83. The normalized spacial score (nSPS) is 13.2. The summed E-state index contributed by atoms with van der Waals surface area (Å²) in [6.07, 6.45) is 2.34. The second kappa shape index (κ2) is 8.77. The highest BCUT2D eigenvalue weighted by Crippen LogP contribution is 2.11. The van der Waals surface area contributed by atoms with Crippen molar-refractivity contribution in [2.45, 2.75) is 45.2 Å². The van der Waals surface area contributed by atoms with Gasteiger partial charge in [0.15, 0.2) is 0 Å². The predicted molar refractivity (Wildman–Crippen MR) is 79.5 cm³/mol. The van der Waals surface area contributed by atoms with Gasteiger partial charge < -0.3 is 16.2 Å². The summed E-state index contributed by atoms with van der Waals surface area (Å²) in [5.74, 6) is 0.156. The Balaban J connectivity index is 0.00000324. The lowest BCUT2D eigenvalue weighted by Gasteiger charge is -2.17. The van der Waals surface area contributed by atoms with Crippen molar-refractivity contribution in [1.29, 1.82) is 0 Å². The molecular weight excluding hydrogens is 264 g/mol. The average molecular weight is 287 g/mol. The number of hydrogen-bond acceptors (Lipinski definition) is 3. The first kappa shape index (κ1) is 17.7. The molecule has 4 N–H and O–H groups in total. The van der Waals surface area contributed by atoms with Crippen LogP contribution in [0.1, 0.15) is 32.3 Å². The van der Waals surface area contributed by atoms with Crippen molar-refractivity contribution in [1.82, 2.24) is 5.32 Å². The van der Waals surface area contributed by atoms with Crippen LogP contribution in [0.5, 0.6) is 5.75 Å². The predicted octanol–water partition coefficient (Wildman–Crippen LogP) is 1.99. The lowest BCUT2D eigenvalue weighted by atomic mass is 10.1. The smallest absolute Gasteiger partial charge is 0.237 e. The number of halogens is 1. The van der Waals surface area contributed by atoms with Crippen LogP contribution in [-0.2, 0) is 11.2 Å². The molecule has 1 aromatic rings. The molecule has 0 aliphatic carbocycles. The molecule has 0 bridgehead atoms. The zero-order valence-electron chi connectivity index (χ0n) is 11.4. The highest BCUT2D eigenvalue weighted by molar-refractivity contribution is 5.85. The molecule has 1 amide bonds. The van der Waals surface area contributed by atoms with E-state index >= 15 is 0 Å². The second-order valence-electron chi connectivity index (χ2n) is 4.68. The summed E-state index contributed by atoms with van der Waals surface area (Å²) in [6.45, 7) is 3.95. The van der Waals surface area contributed by atoms with Gasteiger partial charge in [0.1, 0.15) is 5.75 Å². The summed E-state index contributed by atoms with van der Waals surface area (Å²) in [5.41, 5.74) is 6.82. The van der Waals surface area contributed by atoms with Gasteiger partial charge >= 0.3 is 0 Å². The fourth-order valence-electron chi connectivity index (χ4n) is 1.83. The minimum absolute atomic E-state index is 0. The quantitative estimate of drug-likeness (QED) is 0.748. The number of carbonyl (C=O) groups is 1. The van der Waals surface area contributed by atoms with Gasteiger partial charge in [-0.25, -0.2) is 0 Å². The lowest BCUT2D eigenvalue weighted by molar-refractivity contribution is -0.123. The van der Waals surface area contributed by atoms with Gasteiger partial charge in [0, 0.05) is 6.04 Å². The maximum Gasteiger partial charge on any atom is 0.237 e. The van der Waals surface area contributed by atoms with Gasteiger partial charge in [0.2, 0.25) is 5.91 Å². The van der Waals surface area contributed by atoms with Gasteiger partial charge in [0.05, 0.1) is 6.04 Å². The number of phenolic OH excluding ortho intramolecular Hbond substituents is 1. The zero-order valence-corrected chi connectivity index (χ0v) is 12.2. The number of phenols is 1. The topological polar surface area (TPSA) is 75.4 Å². The van der Waals surface area contributed by atoms with Crippen LogP contribution in [0.25, 0.3) is 0 Å². The fraction of sp³-hybridized carbons (Fsp3) is 0.500. The molecule has 2 atom stereocenters. The van der Waals surface area contributed by atoms with Crippen LogP contribution < -0.4 is 11.1 Å². The Labute approximate surface area is 120 Å². The van der Waals surface area contributed by atoms with Crippen molar-refractivity contribution < 1.29 is 9.90 Å². The second-order valence-corrected chi connectivity index (χ2v) is 4.68. The van der Waals surface area contributed by atoms with Crippen LogP contribution in [0.4, 0.5) is 0 Å². The van der Waals surface area contributed by atoms with Gasteiger partial charge in [-0.3, -0.25) is 4.79 Å². The first-order valence-corrected chi connectivity index (χ1v) is 6.36. The molecule has 0 aromatic heterocycles. The van der Waals surface area contributed by atoms with E-state index in [2.05, 4.69) is 5.32 Å². The van der Waals surface area contributed by atoms with Crippen molar-refractivity contribution in [2.24, 2.45) is 5.73 Å². The largest absolute Gasteiger partial charge is 0.508 e. The van der Waals surface area contributed by atoms with E-state index in [9.17, 15) is 9.90 Å². The molecule has 0 fully saturated rings. The first-order chi connectivity index (χ1) is 8.52. The molecule has 0 heterocycles. The van der Waals surface area contributed by atoms with E-state index < -0.39 is 6.04 Å². The summed E-state index contributed by atoms with van der Waals surface area (Å²) in [4.78, 5) is 11.7. The third kappa shape index (κ3) is 6.45. The summed E-state index contributed by atoms with van der Waals surface area (Å²) in [5, 5.41) is 12.1. The minimum Gasteiger partial charge on any atom is -0.508 e. The molecule has 2 unspecified atom stereocenters. The molecule has 1 aromatic carbocycles. The Morgan fingerprint density at radius 3 is 2.47 bits per heavy atom. The molecule has 108 valence electrons. The summed E-state index contributed by atoms with van der Waals surface area (Å²) in [6, 6.07) is 6.61. The average Bonchev–Trinajstić information content (AvgIpc) is 2.32. The molecule has 1 rings (SSSR count). The SMILES string of the molecule is CCCC(N)C(=O)NC(C)Cc1ccc(O)cc1.Cl. The van der Waals surface area contributed by atoms with Crippen molar-refractivity contribution in [3.05, 3.63) is 29.8 Å². The molecule has 19 heavy (non-hydrogen) atoms. The first-order valence-electron chi connectivity index (χ1n) is 6.36. The van der Waals surface area contributed by atoms with Crippen LogP contribution in [0, 0.1) is 0 Å². The Kier molecular flexibility index (Phi) is 8.19. The molecule has 4 nitrogen and oxygen atoms in total. The van der Waals surface area contributed by atoms with Gasteiger partial charge in [-0.05, 0) is 37.5 Å². The lowest BCUT2D eigenvalue weighted by Crippen LogP contribution is -2.45. The van der Waals surface area contributed by atoms with Gasteiger partial charge in [0.25, 0.3) is 0 Å². The van der Waals surface area contributed by atoms with E-state index in [4.69, 9.17) is 5.73 Å². The summed E-state index contributed by atoms with van der Waals surface area (Å²) >= 11 is 0. The number of hydrogen-bond donors (Lipinski definition) is 3. The molecule has 0 saturated heterocycles. The standard InChI is InChI=1S/C14H22N2O2.ClH/c1-3-4-13(15)14(18)16-10(2)9-11-5-7-12(17)8-6-11;/h5-8,10,13,17H,3-4,9,15H2,1-2H3,(H,16,18);1H. The summed E-state index contributed by atoms with van der Waals surface area (Å²) in [7, 11) is 0. The number of nitrogens with two attached hydrogens (primary N) is 1. The van der Waals surface area contributed by atoms with Crippen LogP contribution in [0.2, 0.25) is 0 Å². The Morgan fingerprint density at radius 1 is 1.37 bits per heavy atom. The van der Waals surface area contributed by atoms with E-state index in [0.717, 1.165) is 18.4 Å².